The van der Waals surface area contributed by atoms with Crippen LogP contribution in [0.2, 0.25) is 0 Å². The second-order valence-corrected chi connectivity index (χ2v) is 5.69. The Hall–Kier alpha value is -0.160. The fourth-order valence-electron chi connectivity index (χ4n) is 2.89. The summed E-state index contributed by atoms with van der Waals surface area (Å²) in [5.41, 5.74) is 0. The van der Waals surface area contributed by atoms with Crippen molar-refractivity contribution in [1.82, 2.24) is 15.1 Å². The Morgan fingerprint density at radius 1 is 1.47 bits per heavy atom. The summed E-state index contributed by atoms with van der Waals surface area (Å²) in [5, 5.41) is 3.52. The molecule has 4 heteroatoms. The normalized spacial score (nSPS) is 31.2. The van der Waals surface area contributed by atoms with Crippen molar-refractivity contribution in [2.45, 2.75) is 18.9 Å². The first kappa shape index (κ1) is 13.3. The van der Waals surface area contributed by atoms with Gasteiger partial charge >= 0.3 is 0 Å². The van der Waals surface area contributed by atoms with Gasteiger partial charge in [0.2, 0.25) is 0 Å². The molecule has 0 aromatic heterocycles. The number of nitrogens with zero attached hydrogens (tertiary/aromatic N) is 2. The average molecular weight is 241 g/mol. The molecule has 2 unspecified atom stereocenters. The molecule has 2 saturated heterocycles. The van der Waals surface area contributed by atoms with Gasteiger partial charge in [-0.2, -0.15) is 0 Å². The summed E-state index contributed by atoms with van der Waals surface area (Å²) in [6, 6.07) is 0.567. The first-order valence-electron chi connectivity index (χ1n) is 6.92. The molecule has 0 aliphatic carbocycles. The van der Waals surface area contributed by atoms with Crippen LogP contribution < -0.4 is 5.32 Å². The molecule has 0 aromatic rings. The lowest BCUT2D eigenvalue weighted by Gasteiger charge is -2.27. The molecule has 0 aromatic carbocycles. The van der Waals surface area contributed by atoms with Crippen molar-refractivity contribution in [1.29, 1.82) is 0 Å². The van der Waals surface area contributed by atoms with Crippen LogP contribution in [0.25, 0.3) is 0 Å². The number of rotatable bonds is 5. The van der Waals surface area contributed by atoms with E-state index in [-0.39, 0.29) is 0 Å². The SMILES string of the molecule is CN1CCC(CN(C)CCC2COCCN2)C1. The summed E-state index contributed by atoms with van der Waals surface area (Å²) < 4.78 is 5.47. The van der Waals surface area contributed by atoms with Gasteiger partial charge in [-0.15, -0.1) is 0 Å². The summed E-state index contributed by atoms with van der Waals surface area (Å²) in [6.45, 7) is 7.76. The molecule has 2 rings (SSSR count). The topological polar surface area (TPSA) is 27.7 Å². The summed E-state index contributed by atoms with van der Waals surface area (Å²) >= 11 is 0. The summed E-state index contributed by atoms with van der Waals surface area (Å²) in [5.74, 6) is 0.876. The third-order valence-electron chi connectivity index (χ3n) is 3.92. The van der Waals surface area contributed by atoms with E-state index < -0.39 is 0 Å². The minimum Gasteiger partial charge on any atom is -0.379 e. The van der Waals surface area contributed by atoms with E-state index in [9.17, 15) is 0 Å². The van der Waals surface area contributed by atoms with Crippen LogP contribution in [0.4, 0.5) is 0 Å². The molecule has 0 radical (unpaired) electrons. The van der Waals surface area contributed by atoms with E-state index in [4.69, 9.17) is 4.74 Å². The van der Waals surface area contributed by atoms with Crippen LogP contribution in [0.3, 0.4) is 0 Å². The highest BCUT2D eigenvalue weighted by molar-refractivity contribution is 4.77. The summed E-state index contributed by atoms with van der Waals surface area (Å²) in [7, 11) is 4.48. The van der Waals surface area contributed by atoms with Crippen LogP contribution in [0.1, 0.15) is 12.8 Å². The van der Waals surface area contributed by atoms with Crippen LogP contribution in [0, 0.1) is 5.92 Å². The summed E-state index contributed by atoms with van der Waals surface area (Å²) in [6.07, 6.45) is 2.57. The minimum absolute atomic E-state index is 0.567. The monoisotopic (exact) mass is 241 g/mol. The van der Waals surface area contributed by atoms with Crippen LogP contribution >= 0.6 is 0 Å². The van der Waals surface area contributed by atoms with Gasteiger partial charge in [0, 0.05) is 25.7 Å². The molecule has 2 heterocycles. The van der Waals surface area contributed by atoms with Gasteiger partial charge in [0.1, 0.15) is 0 Å². The molecule has 2 atom stereocenters. The van der Waals surface area contributed by atoms with Gasteiger partial charge in [-0.1, -0.05) is 0 Å². The van der Waals surface area contributed by atoms with Gasteiger partial charge in [0.05, 0.1) is 13.2 Å². The Morgan fingerprint density at radius 2 is 2.35 bits per heavy atom. The molecule has 2 fully saturated rings. The zero-order chi connectivity index (χ0) is 12.1. The number of hydrogen-bond donors (Lipinski definition) is 1. The number of hydrogen-bond acceptors (Lipinski definition) is 4. The first-order chi connectivity index (χ1) is 8.24. The van der Waals surface area contributed by atoms with E-state index >= 15 is 0 Å². The van der Waals surface area contributed by atoms with Crippen molar-refractivity contribution in [2.75, 3.05) is 60.0 Å². The Kier molecular flexibility index (Phi) is 5.22. The van der Waals surface area contributed by atoms with Gasteiger partial charge in [0.15, 0.2) is 0 Å². The largest absolute Gasteiger partial charge is 0.379 e. The third kappa shape index (κ3) is 4.54. The molecule has 100 valence electrons. The maximum Gasteiger partial charge on any atom is 0.0620 e. The molecule has 2 aliphatic rings. The Morgan fingerprint density at radius 3 is 3.00 bits per heavy atom. The quantitative estimate of drug-likeness (QED) is 0.747. The predicted molar refractivity (Wildman–Crippen MR) is 70.3 cm³/mol. The molecule has 1 N–H and O–H groups in total. The zero-order valence-corrected chi connectivity index (χ0v) is 11.3. The average Bonchev–Trinajstić information content (AvgIpc) is 2.73. The van der Waals surface area contributed by atoms with Crippen molar-refractivity contribution in [3.63, 3.8) is 0 Å². The maximum atomic E-state index is 5.47. The zero-order valence-electron chi connectivity index (χ0n) is 11.3. The van der Waals surface area contributed by atoms with Gasteiger partial charge in [-0.25, -0.2) is 0 Å². The van der Waals surface area contributed by atoms with E-state index in [1.165, 1.54) is 39.0 Å². The Balaban J connectivity index is 1.58. The van der Waals surface area contributed by atoms with E-state index in [2.05, 4.69) is 29.2 Å². The molecule has 0 saturated carbocycles. The Labute approximate surface area is 105 Å². The fourth-order valence-corrected chi connectivity index (χ4v) is 2.89. The number of ether oxygens (including phenoxy) is 1. The van der Waals surface area contributed by atoms with Gasteiger partial charge in [0.25, 0.3) is 0 Å². The molecule has 2 aliphatic heterocycles. The van der Waals surface area contributed by atoms with Crippen molar-refractivity contribution in [3.8, 4) is 0 Å². The van der Waals surface area contributed by atoms with Crippen molar-refractivity contribution < 1.29 is 4.74 Å². The maximum absolute atomic E-state index is 5.47. The van der Waals surface area contributed by atoms with E-state index in [1.54, 1.807) is 0 Å². The van der Waals surface area contributed by atoms with Crippen molar-refractivity contribution in [2.24, 2.45) is 5.92 Å². The highest BCUT2D eigenvalue weighted by Crippen LogP contribution is 2.15. The first-order valence-corrected chi connectivity index (χ1v) is 6.92. The van der Waals surface area contributed by atoms with Crippen LogP contribution in [0.5, 0.6) is 0 Å². The van der Waals surface area contributed by atoms with Crippen LogP contribution in [-0.4, -0.2) is 75.9 Å². The Bertz CT molecular complexity index is 219. The smallest absolute Gasteiger partial charge is 0.0620 e. The molecule has 4 nitrogen and oxygen atoms in total. The fraction of sp³-hybridized carbons (Fsp3) is 1.00. The van der Waals surface area contributed by atoms with Gasteiger partial charge in [-0.05, 0) is 45.9 Å². The number of likely N-dealkylation sites (tertiary alicyclic amines) is 1. The molecule has 17 heavy (non-hydrogen) atoms. The van der Waals surface area contributed by atoms with Gasteiger partial charge in [-0.3, -0.25) is 0 Å². The van der Waals surface area contributed by atoms with Gasteiger partial charge < -0.3 is 19.9 Å². The van der Waals surface area contributed by atoms with Crippen molar-refractivity contribution >= 4 is 0 Å². The highest BCUT2D eigenvalue weighted by Gasteiger charge is 2.21. The second-order valence-electron chi connectivity index (χ2n) is 5.69. The lowest BCUT2D eigenvalue weighted by molar-refractivity contribution is 0.0705. The van der Waals surface area contributed by atoms with E-state index in [0.29, 0.717) is 6.04 Å². The lowest BCUT2D eigenvalue weighted by Crippen LogP contribution is -2.43. The van der Waals surface area contributed by atoms with Crippen molar-refractivity contribution in [3.05, 3.63) is 0 Å². The van der Waals surface area contributed by atoms with Crippen LogP contribution in [-0.2, 0) is 4.74 Å². The molecule has 0 amide bonds. The molecule has 0 spiro atoms. The predicted octanol–water partition coefficient (Wildman–Crippen LogP) is 0.248. The third-order valence-corrected chi connectivity index (χ3v) is 3.92. The minimum atomic E-state index is 0.567. The van der Waals surface area contributed by atoms with Crippen LogP contribution in [0.15, 0.2) is 0 Å². The number of morpholine rings is 1. The molecular formula is C13H27N3O. The van der Waals surface area contributed by atoms with E-state index in [1.807, 2.05) is 0 Å². The highest BCUT2D eigenvalue weighted by atomic mass is 16.5. The van der Waals surface area contributed by atoms with E-state index in [0.717, 1.165) is 25.7 Å². The summed E-state index contributed by atoms with van der Waals surface area (Å²) in [4.78, 5) is 4.93. The standard InChI is InChI=1S/C13H27N3O/c1-15-6-3-12(9-15)10-16(2)7-4-13-11-17-8-5-14-13/h12-14H,3-11H2,1-2H3. The lowest BCUT2D eigenvalue weighted by atomic mass is 10.1. The number of nitrogens with one attached hydrogen (secondary N) is 1. The molecular weight excluding hydrogens is 214 g/mol. The second kappa shape index (κ2) is 6.69. The molecule has 0 bridgehead atoms.